The molecule has 0 aliphatic heterocycles. The molecule has 7 nitrogen and oxygen atoms in total. The third-order valence-corrected chi connectivity index (χ3v) is 2.52. The van der Waals surface area contributed by atoms with E-state index in [-0.39, 0.29) is 11.3 Å². The number of nitrogens with two attached hydrogens (primary N) is 1. The SMILES string of the molecule is NNc1cc(S(=O)(=O)O)ccc1C(=O)O. The van der Waals surface area contributed by atoms with E-state index in [0.29, 0.717) is 0 Å². The molecule has 0 spiro atoms. The van der Waals surface area contributed by atoms with Gasteiger partial charge in [-0.15, -0.1) is 0 Å². The number of hydrogen-bond donors (Lipinski definition) is 4. The first-order valence-electron chi connectivity index (χ1n) is 3.67. The van der Waals surface area contributed by atoms with Crippen molar-refractivity contribution in [1.82, 2.24) is 0 Å². The predicted octanol–water partition coefficient (Wildman–Crippen LogP) is -0.0829. The lowest BCUT2D eigenvalue weighted by Gasteiger charge is -2.06. The van der Waals surface area contributed by atoms with Crippen molar-refractivity contribution in [3.63, 3.8) is 0 Å². The van der Waals surface area contributed by atoms with E-state index in [2.05, 4.69) is 0 Å². The maximum Gasteiger partial charge on any atom is 0.337 e. The number of benzene rings is 1. The number of hydrazine groups is 1. The Morgan fingerprint density at radius 1 is 1.40 bits per heavy atom. The van der Waals surface area contributed by atoms with Gasteiger partial charge in [-0.25, -0.2) is 4.79 Å². The van der Waals surface area contributed by atoms with E-state index in [4.69, 9.17) is 15.5 Å². The van der Waals surface area contributed by atoms with Gasteiger partial charge in [-0.3, -0.25) is 10.4 Å². The molecule has 0 amide bonds. The summed E-state index contributed by atoms with van der Waals surface area (Å²) in [6.45, 7) is 0. The van der Waals surface area contributed by atoms with Gasteiger partial charge in [0, 0.05) is 0 Å². The number of hydrogen-bond acceptors (Lipinski definition) is 5. The Kier molecular flexibility index (Phi) is 2.93. The van der Waals surface area contributed by atoms with Gasteiger partial charge in [-0.2, -0.15) is 8.42 Å². The van der Waals surface area contributed by atoms with Crippen molar-refractivity contribution in [2.45, 2.75) is 4.90 Å². The molecule has 0 radical (unpaired) electrons. The number of carbonyl (C=O) groups is 1. The third kappa shape index (κ3) is 2.43. The van der Waals surface area contributed by atoms with Gasteiger partial charge in [-0.1, -0.05) is 0 Å². The lowest BCUT2D eigenvalue weighted by atomic mass is 10.2. The van der Waals surface area contributed by atoms with Crippen LogP contribution in [0.4, 0.5) is 5.69 Å². The zero-order valence-corrected chi connectivity index (χ0v) is 8.15. The van der Waals surface area contributed by atoms with Crippen LogP contribution in [0.5, 0.6) is 0 Å². The van der Waals surface area contributed by atoms with Gasteiger partial charge < -0.3 is 10.5 Å². The molecular weight excluding hydrogens is 224 g/mol. The van der Waals surface area contributed by atoms with Gasteiger partial charge in [-0.05, 0) is 18.2 Å². The van der Waals surface area contributed by atoms with Crippen LogP contribution < -0.4 is 11.3 Å². The van der Waals surface area contributed by atoms with Crippen molar-refractivity contribution in [3.05, 3.63) is 23.8 Å². The van der Waals surface area contributed by atoms with Gasteiger partial charge in [0.2, 0.25) is 0 Å². The molecule has 82 valence electrons. The second-order valence-electron chi connectivity index (χ2n) is 2.63. The quantitative estimate of drug-likeness (QED) is 0.325. The Balaban J connectivity index is 3.38. The van der Waals surface area contributed by atoms with E-state index >= 15 is 0 Å². The standard InChI is InChI=1S/C7H8N2O5S/c8-9-6-3-4(15(12,13)14)1-2-5(6)7(10)11/h1-3,9H,8H2,(H,10,11)(H,12,13,14). The van der Waals surface area contributed by atoms with Crippen molar-refractivity contribution in [3.8, 4) is 0 Å². The van der Waals surface area contributed by atoms with Crippen LogP contribution in [0, 0.1) is 0 Å². The number of nitrogen functional groups attached to an aromatic ring is 1. The molecule has 8 heteroatoms. The van der Waals surface area contributed by atoms with Gasteiger partial charge in [0.05, 0.1) is 16.1 Å². The lowest BCUT2D eigenvalue weighted by Crippen LogP contribution is -2.13. The van der Waals surface area contributed by atoms with E-state index < -0.39 is 21.0 Å². The topological polar surface area (TPSA) is 130 Å². The fraction of sp³-hybridized carbons (Fsp3) is 0. The van der Waals surface area contributed by atoms with Crippen LogP contribution in [-0.2, 0) is 10.1 Å². The highest BCUT2D eigenvalue weighted by atomic mass is 32.2. The first kappa shape index (κ1) is 11.4. The molecule has 0 heterocycles. The number of carboxylic acids is 1. The van der Waals surface area contributed by atoms with Crippen molar-refractivity contribution in [1.29, 1.82) is 0 Å². The van der Waals surface area contributed by atoms with Crippen LogP contribution >= 0.6 is 0 Å². The zero-order valence-electron chi connectivity index (χ0n) is 7.34. The summed E-state index contributed by atoms with van der Waals surface area (Å²) >= 11 is 0. The molecule has 0 saturated carbocycles. The average Bonchev–Trinajstić information content (AvgIpc) is 2.15. The maximum atomic E-state index is 10.7. The Labute approximate surface area is 85.2 Å². The molecule has 0 fully saturated rings. The molecule has 0 unspecified atom stereocenters. The molecule has 0 atom stereocenters. The highest BCUT2D eigenvalue weighted by Gasteiger charge is 2.15. The van der Waals surface area contributed by atoms with E-state index in [1.54, 1.807) is 0 Å². The van der Waals surface area contributed by atoms with Crippen LogP contribution in [-0.4, -0.2) is 24.0 Å². The third-order valence-electron chi connectivity index (χ3n) is 1.67. The smallest absolute Gasteiger partial charge is 0.337 e. The fourth-order valence-corrected chi connectivity index (χ4v) is 1.50. The van der Waals surface area contributed by atoms with Crippen molar-refractivity contribution < 1.29 is 22.9 Å². The van der Waals surface area contributed by atoms with Gasteiger partial charge in [0.25, 0.3) is 10.1 Å². The molecule has 1 rings (SSSR count). The van der Waals surface area contributed by atoms with Crippen LogP contribution in [0.3, 0.4) is 0 Å². The van der Waals surface area contributed by atoms with Crippen LogP contribution in [0.1, 0.15) is 10.4 Å². The molecule has 15 heavy (non-hydrogen) atoms. The van der Waals surface area contributed by atoms with E-state index in [9.17, 15) is 13.2 Å². The highest BCUT2D eigenvalue weighted by Crippen LogP contribution is 2.19. The van der Waals surface area contributed by atoms with E-state index in [1.165, 1.54) is 0 Å². The molecule has 1 aromatic carbocycles. The highest BCUT2D eigenvalue weighted by molar-refractivity contribution is 7.85. The van der Waals surface area contributed by atoms with Gasteiger partial charge in [0.1, 0.15) is 0 Å². The second-order valence-corrected chi connectivity index (χ2v) is 4.05. The second kappa shape index (κ2) is 3.85. The summed E-state index contributed by atoms with van der Waals surface area (Å²) in [6.07, 6.45) is 0. The molecule has 0 saturated heterocycles. The normalized spacial score (nSPS) is 11.1. The molecule has 5 N–H and O–H groups in total. The van der Waals surface area contributed by atoms with Gasteiger partial charge in [0.15, 0.2) is 0 Å². The number of nitrogens with one attached hydrogen (secondary N) is 1. The monoisotopic (exact) mass is 232 g/mol. The summed E-state index contributed by atoms with van der Waals surface area (Å²) < 4.78 is 30.1. The minimum absolute atomic E-state index is 0.0994. The maximum absolute atomic E-state index is 10.7. The Hall–Kier alpha value is -1.64. The summed E-state index contributed by atoms with van der Waals surface area (Å²) in [4.78, 5) is 10.2. The van der Waals surface area contributed by atoms with Crippen molar-refractivity contribution in [2.24, 2.45) is 5.84 Å². The summed E-state index contributed by atoms with van der Waals surface area (Å²) in [5.41, 5.74) is 1.74. The minimum atomic E-state index is -4.37. The van der Waals surface area contributed by atoms with E-state index in [1.807, 2.05) is 5.43 Å². The van der Waals surface area contributed by atoms with Crippen LogP contribution in [0.2, 0.25) is 0 Å². The molecule has 0 aliphatic carbocycles. The Bertz CT molecular complexity index is 496. The number of rotatable bonds is 3. The lowest BCUT2D eigenvalue weighted by molar-refractivity contribution is 0.0697. The number of anilines is 1. The summed E-state index contributed by atoms with van der Waals surface area (Å²) in [5.74, 6) is 3.75. The van der Waals surface area contributed by atoms with Crippen molar-refractivity contribution >= 4 is 21.8 Å². The minimum Gasteiger partial charge on any atom is -0.478 e. The average molecular weight is 232 g/mol. The van der Waals surface area contributed by atoms with Crippen molar-refractivity contribution in [2.75, 3.05) is 5.43 Å². The largest absolute Gasteiger partial charge is 0.478 e. The summed E-state index contributed by atoms with van der Waals surface area (Å²) in [6, 6.07) is 2.93. The first-order chi connectivity index (χ1) is 6.86. The zero-order chi connectivity index (χ0) is 11.6. The Morgan fingerprint density at radius 2 is 2.00 bits per heavy atom. The summed E-state index contributed by atoms with van der Waals surface area (Å²) in [7, 11) is -4.37. The van der Waals surface area contributed by atoms with Crippen LogP contribution in [0.25, 0.3) is 0 Å². The van der Waals surface area contributed by atoms with Gasteiger partial charge >= 0.3 is 5.97 Å². The number of aromatic carboxylic acids is 1. The molecule has 0 aromatic heterocycles. The Morgan fingerprint density at radius 3 is 2.40 bits per heavy atom. The number of carboxylic acid groups (broad SMARTS) is 1. The molecule has 0 aliphatic rings. The fourth-order valence-electron chi connectivity index (χ4n) is 0.990. The predicted molar refractivity (Wildman–Crippen MR) is 51.0 cm³/mol. The summed E-state index contributed by atoms with van der Waals surface area (Å²) in [5, 5.41) is 8.68. The van der Waals surface area contributed by atoms with Crippen LogP contribution in [0.15, 0.2) is 23.1 Å². The van der Waals surface area contributed by atoms with E-state index in [0.717, 1.165) is 18.2 Å². The molecule has 1 aromatic rings. The molecule has 0 bridgehead atoms. The molecular formula is C7H8N2O5S. The first-order valence-corrected chi connectivity index (χ1v) is 5.11.